The lowest BCUT2D eigenvalue weighted by Gasteiger charge is -2.21. The molecule has 0 aliphatic heterocycles. The van der Waals surface area contributed by atoms with Gasteiger partial charge in [0.25, 0.3) is 0 Å². The third kappa shape index (κ3) is 2.64. The van der Waals surface area contributed by atoms with Crippen LogP contribution in [-0.2, 0) is 0 Å². The molecular formula is C13H13BrFNOS. The van der Waals surface area contributed by atoms with Gasteiger partial charge in [0.2, 0.25) is 0 Å². The van der Waals surface area contributed by atoms with Gasteiger partial charge in [-0.2, -0.15) is 0 Å². The third-order valence-electron chi connectivity index (χ3n) is 2.84. The number of benzene rings is 1. The highest BCUT2D eigenvalue weighted by atomic mass is 79.9. The van der Waals surface area contributed by atoms with Gasteiger partial charge in [-0.15, -0.1) is 11.3 Å². The first-order valence-corrected chi connectivity index (χ1v) is 7.18. The van der Waals surface area contributed by atoms with Crippen molar-refractivity contribution in [3.8, 4) is 0 Å². The second-order valence-electron chi connectivity index (χ2n) is 3.95. The topological polar surface area (TPSA) is 46.2 Å². The highest BCUT2D eigenvalue weighted by Gasteiger charge is 2.24. The van der Waals surface area contributed by atoms with Gasteiger partial charge in [0.05, 0.1) is 10.6 Å². The maximum atomic E-state index is 13.5. The van der Waals surface area contributed by atoms with E-state index in [1.807, 2.05) is 17.5 Å². The fraction of sp³-hybridized carbons (Fsp3) is 0.231. The van der Waals surface area contributed by atoms with Crippen molar-refractivity contribution in [3.63, 3.8) is 0 Å². The maximum absolute atomic E-state index is 13.5. The van der Waals surface area contributed by atoms with Crippen LogP contribution in [0.1, 0.15) is 22.5 Å². The number of rotatable bonds is 4. The summed E-state index contributed by atoms with van der Waals surface area (Å²) in [6.45, 7) is 0.310. The van der Waals surface area contributed by atoms with Crippen LogP contribution < -0.4 is 5.73 Å². The number of hydrogen-bond acceptors (Lipinski definition) is 3. The molecule has 2 nitrogen and oxygen atoms in total. The van der Waals surface area contributed by atoms with Crippen LogP contribution >= 0.6 is 27.3 Å². The number of aliphatic hydroxyl groups is 1. The molecule has 5 heteroatoms. The second-order valence-corrected chi connectivity index (χ2v) is 5.72. The van der Waals surface area contributed by atoms with Gasteiger partial charge < -0.3 is 10.8 Å². The Morgan fingerprint density at radius 2 is 2.11 bits per heavy atom. The summed E-state index contributed by atoms with van der Waals surface area (Å²) in [6, 6.07) is 8.48. The van der Waals surface area contributed by atoms with Crippen LogP contribution in [0, 0.1) is 5.82 Å². The summed E-state index contributed by atoms with van der Waals surface area (Å²) in [4.78, 5) is 1.00. The van der Waals surface area contributed by atoms with E-state index in [9.17, 15) is 9.50 Å². The molecule has 18 heavy (non-hydrogen) atoms. The third-order valence-corrected chi connectivity index (χ3v) is 4.68. The van der Waals surface area contributed by atoms with Crippen molar-refractivity contribution >= 4 is 27.3 Å². The number of halogens is 2. The molecule has 0 radical (unpaired) electrons. The van der Waals surface area contributed by atoms with Crippen molar-refractivity contribution in [2.75, 3.05) is 6.54 Å². The molecule has 2 atom stereocenters. The predicted molar refractivity (Wildman–Crippen MR) is 75.2 cm³/mol. The predicted octanol–water partition coefficient (Wildman–Crippen LogP) is 3.43. The molecule has 0 amide bonds. The van der Waals surface area contributed by atoms with Gasteiger partial charge in [-0.25, -0.2) is 4.39 Å². The summed E-state index contributed by atoms with van der Waals surface area (Å²) >= 11 is 4.71. The lowest BCUT2D eigenvalue weighted by atomic mass is 9.94. The van der Waals surface area contributed by atoms with Crippen molar-refractivity contribution < 1.29 is 9.50 Å². The largest absolute Gasteiger partial charge is 0.388 e. The lowest BCUT2D eigenvalue weighted by Crippen LogP contribution is -2.19. The quantitative estimate of drug-likeness (QED) is 0.902. The van der Waals surface area contributed by atoms with Crippen LogP contribution in [0.2, 0.25) is 0 Å². The Hall–Kier alpha value is -0.750. The van der Waals surface area contributed by atoms with Gasteiger partial charge in [-0.3, -0.25) is 0 Å². The molecule has 1 aromatic carbocycles. The minimum absolute atomic E-state index is 0.219. The number of aliphatic hydroxyl groups excluding tert-OH is 1. The molecule has 0 fully saturated rings. The summed E-state index contributed by atoms with van der Waals surface area (Å²) < 4.78 is 13.8. The molecule has 0 saturated heterocycles. The van der Waals surface area contributed by atoms with Crippen molar-refractivity contribution in [2.45, 2.75) is 12.0 Å². The molecular weight excluding hydrogens is 317 g/mol. The molecule has 2 unspecified atom stereocenters. The standard InChI is InChI=1S/C13H13BrFNOS/c14-12-8(3-1-4-10(12)15)13(17)9(7-16)11-5-2-6-18-11/h1-6,9,13,17H,7,16H2. The Morgan fingerprint density at radius 1 is 1.33 bits per heavy atom. The Labute approximate surface area is 117 Å². The van der Waals surface area contributed by atoms with E-state index in [1.165, 1.54) is 17.4 Å². The molecule has 0 spiro atoms. The van der Waals surface area contributed by atoms with Crippen molar-refractivity contribution in [1.29, 1.82) is 0 Å². The minimum Gasteiger partial charge on any atom is -0.388 e. The van der Waals surface area contributed by atoms with Crippen molar-refractivity contribution in [2.24, 2.45) is 5.73 Å². The minimum atomic E-state index is -0.821. The maximum Gasteiger partial charge on any atom is 0.137 e. The van der Waals surface area contributed by atoms with Gasteiger partial charge in [-0.05, 0) is 39.0 Å². The monoisotopic (exact) mass is 329 g/mol. The normalized spacial score (nSPS) is 14.4. The fourth-order valence-electron chi connectivity index (χ4n) is 1.87. The first-order chi connectivity index (χ1) is 8.65. The SMILES string of the molecule is NCC(c1cccs1)C(O)c1cccc(F)c1Br. The van der Waals surface area contributed by atoms with Gasteiger partial charge in [-0.1, -0.05) is 18.2 Å². The molecule has 1 aromatic heterocycles. The van der Waals surface area contributed by atoms with Crippen LogP contribution in [-0.4, -0.2) is 11.7 Å². The molecule has 0 aliphatic rings. The van der Waals surface area contributed by atoms with Crippen molar-refractivity contribution in [3.05, 3.63) is 56.4 Å². The zero-order valence-electron chi connectivity index (χ0n) is 9.51. The van der Waals surface area contributed by atoms with Crippen LogP contribution in [0.4, 0.5) is 4.39 Å². The van der Waals surface area contributed by atoms with E-state index in [4.69, 9.17) is 5.73 Å². The zero-order chi connectivity index (χ0) is 13.1. The van der Waals surface area contributed by atoms with Gasteiger partial charge >= 0.3 is 0 Å². The first kappa shape index (κ1) is 13.7. The summed E-state index contributed by atoms with van der Waals surface area (Å²) in [6.07, 6.45) is -0.821. The van der Waals surface area contributed by atoms with Gasteiger partial charge in [0, 0.05) is 17.3 Å². The Bertz CT molecular complexity index is 518. The Kier molecular flexibility index (Phi) is 4.50. The Balaban J connectivity index is 2.35. The van der Waals surface area contributed by atoms with Crippen LogP contribution in [0.5, 0.6) is 0 Å². The zero-order valence-corrected chi connectivity index (χ0v) is 11.9. The Morgan fingerprint density at radius 3 is 2.72 bits per heavy atom. The highest BCUT2D eigenvalue weighted by Crippen LogP contribution is 2.36. The highest BCUT2D eigenvalue weighted by molar-refractivity contribution is 9.10. The number of nitrogens with two attached hydrogens (primary N) is 1. The molecule has 96 valence electrons. The molecule has 0 bridgehead atoms. The second kappa shape index (κ2) is 5.93. The number of thiophene rings is 1. The summed E-state index contributed by atoms with van der Waals surface area (Å²) in [5, 5.41) is 12.3. The van der Waals surface area contributed by atoms with E-state index in [1.54, 1.807) is 12.1 Å². The van der Waals surface area contributed by atoms with Crippen LogP contribution in [0.15, 0.2) is 40.2 Å². The van der Waals surface area contributed by atoms with E-state index in [-0.39, 0.29) is 11.7 Å². The first-order valence-electron chi connectivity index (χ1n) is 5.50. The summed E-state index contributed by atoms with van der Waals surface area (Å²) in [5.41, 5.74) is 6.25. The lowest BCUT2D eigenvalue weighted by molar-refractivity contribution is 0.147. The smallest absolute Gasteiger partial charge is 0.137 e. The van der Waals surface area contributed by atoms with Gasteiger partial charge in [0.15, 0.2) is 0 Å². The van der Waals surface area contributed by atoms with E-state index in [0.29, 0.717) is 16.6 Å². The van der Waals surface area contributed by atoms with Crippen molar-refractivity contribution in [1.82, 2.24) is 0 Å². The van der Waals surface area contributed by atoms with E-state index in [0.717, 1.165) is 4.88 Å². The van der Waals surface area contributed by atoms with Gasteiger partial charge in [0.1, 0.15) is 5.82 Å². The van der Waals surface area contributed by atoms with E-state index in [2.05, 4.69) is 15.9 Å². The van der Waals surface area contributed by atoms with E-state index < -0.39 is 6.10 Å². The van der Waals surface area contributed by atoms with Crippen LogP contribution in [0.25, 0.3) is 0 Å². The molecule has 1 heterocycles. The molecule has 0 aliphatic carbocycles. The molecule has 3 N–H and O–H groups in total. The van der Waals surface area contributed by atoms with E-state index >= 15 is 0 Å². The number of hydrogen-bond donors (Lipinski definition) is 2. The average molecular weight is 330 g/mol. The van der Waals surface area contributed by atoms with Crippen LogP contribution in [0.3, 0.4) is 0 Å². The average Bonchev–Trinajstić information content (AvgIpc) is 2.87. The molecule has 2 rings (SSSR count). The summed E-state index contributed by atoms with van der Waals surface area (Å²) in [7, 11) is 0. The fourth-order valence-corrected chi connectivity index (χ4v) is 3.24. The molecule has 0 saturated carbocycles. The summed E-state index contributed by atoms with van der Waals surface area (Å²) in [5.74, 6) is -0.600. The molecule has 2 aromatic rings.